The summed E-state index contributed by atoms with van der Waals surface area (Å²) in [7, 11) is 0. The number of hydrogen-bond donors (Lipinski definition) is 1. The smallest absolute Gasteiger partial charge is 0.0440 e. The molecular formula is C7H8O. The zero-order valence-corrected chi connectivity index (χ0v) is 4.65. The summed E-state index contributed by atoms with van der Waals surface area (Å²) in [6, 6.07) is 0. The van der Waals surface area contributed by atoms with Gasteiger partial charge in [0.1, 0.15) is 0 Å². The molecule has 0 aromatic rings. The van der Waals surface area contributed by atoms with Gasteiger partial charge >= 0.3 is 0 Å². The third-order valence-electron chi connectivity index (χ3n) is 0.620. The van der Waals surface area contributed by atoms with Crippen molar-refractivity contribution >= 4 is 0 Å². The molecule has 0 spiro atoms. The van der Waals surface area contributed by atoms with E-state index in [1.165, 1.54) is 0 Å². The first-order valence-electron chi connectivity index (χ1n) is 2.46. The first-order valence-corrected chi connectivity index (χ1v) is 2.46. The van der Waals surface area contributed by atoms with Gasteiger partial charge < -0.3 is 5.11 Å². The second kappa shape index (κ2) is 6.08. The third-order valence-corrected chi connectivity index (χ3v) is 0.620. The standard InChI is InChI=1S/C7H8O/c1-2-3-4-5-6-7-8/h1,8H,5-7H2. The van der Waals surface area contributed by atoms with Gasteiger partial charge in [0.15, 0.2) is 0 Å². The van der Waals surface area contributed by atoms with Crippen molar-refractivity contribution in [3.8, 4) is 24.2 Å². The van der Waals surface area contributed by atoms with E-state index in [9.17, 15) is 0 Å². The molecule has 0 saturated heterocycles. The van der Waals surface area contributed by atoms with Gasteiger partial charge in [-0.25, -0.2) is 0 Å². The molecule has 0 aromatic heterocycles. The molecule has 0 atom stereocenters. The van der Waals surface area contributed by atoms with Crippen LogP contribution in [0.1, 0.15) is 12.8 Å². The molecule has 0 rings (SSSR count). The molecule has 0 heterocycles. The minimum absolute atomic E-state index is 0.194. The predicted molar refractivity (Wildman–Crippen MR) is 32.9 cm³/mol. The molecule has 0 saturated carbocycles. The monoisotopic (exact) mass is 108 g/mol. The lowest BCUT2D eigenvalue weighted by molar-refractivity contribution is 0.290. The van der Waals surface area contributed by atoms with Crippen LogP contribution in [0, 0.1) is 24.2 Å². The first-order chi connectivity index (χ1) is 3.91. The van der Waals surface area contributed by atoms with E-state index < -0.39 is 0 Å². The molecule has 0 aliphatic heterocycles. The lowest BCUT2D eigenvalue weighted by Gasteiger charge is -1.80. The summed E-state index contributed by atoms with van der Waals surface area (Å²) in [5.41, 5.74) is 0. The van der Waals surface area contributed by atoms with E-state index in [2.05, 4.69) is 17.8 Å². The molecule has 0 unspecified atom stereocenters. The van der Waals surface area contributed by atoms with E-state index in [0.29, 0.717) is 12.8 Å². The highest BCUT2D eigenvalue weighted by Crippen LogP contribution is 1.80. The van der Waals surface area contributed by atoms with Crippen LogP contribution in [-0.2, 0) is 0 Å². The van der Waals surface area contributed by atoms with Crippen LogP contribution in [0.15, 0.2) is 0 Å². The highest BCUT2D eigenvalue weighted by Gasteiger charge is 1.74. The molecule has 0 amide bonds. The summed E-state index contributed by atoms with van der Waals surface area (Å²) >= 11 is 0. The van der Waals surface area contributed by atoms with Crippen LogP contribution in [0.4, 0.5) is 0 Å². The highest BCUT2D eigenvalue weighted by atomic mass is 16.2. The number of unbranched alkanes of at least 4 members (excludes halogenated alkanes) is 1. The van der Waals surface area contributed by atoms with Crippen LogP contribution >= 0.6 is 0 Å². The fourth-order valence-corrected chi connectivity index (χ4v) is 0.281. The quantitative estimate of drug-likeness (QED) is 0.401. The fourth-order valence-electron chi connectivity index (χ4n) is 0.281. The summed E-state index contributed by atoms with van der Waals surface area (Å²) in [5.74, 6) is 7.32. The van der Waals surface area contributed by atoms with Gasteiger partial charge in [-0.05, 0) is 18.3 Å². The average molecular weight is 108 g/mol. The second-order valence-electron chi connectivity index (χ2n) is 1.27. The molecule has 0 aromatic carbocycles. The van der Waals surface area contributed by atoms with E-state index >= 15 is 0 Å². The van der Waals surface area contributed by atoms with Crippen molar-refractivity contribution in [2.24, 2.45) is 0 Å². The second-order valence-corrected chi connectivity index (χ2v) is 1.27. The largest absolute Gasteiger partial charge is 0.396 e. The van der Waals surface area contributed by atoms with Gasteiger partial charge in [0, 0.05) is 13.0 Å². The molecule has 42 valence electrons. The summed E-state index contributed by atoms with van der Waals surface area (Å²) in [6.07, 6.45) is 6.24. The molecule has 0 aliphatic carbocycles. The van der Waals surface area contributed by atoms with Gasteiger partial charge in [0.25, 0.3) is 0 Å². The maximum absolute atomic E-state index is 8.25. The maximum Gasteiger partial charge on any atom is 0.0440 e. The first kappa shape index (κ1) is 7.08. The van der Waals surface area contributed by atoms with Gasteiger partial charge in [0.2, 0.25) is 0 Å². The van der Waals surface area contributed by atoms with Gasteiger partial charge in [-0.1, -0.05) is 5.92 Å². The maximum atomic E-state index is 8.25. The van der Waals surface area contributed by atoms with Crippen molar-refractivity contribution in [1.82, 2.24) is 0 Å². The van der Waals surface area contributed by atoms with E-state index in [-0.39, 0.29) is 6.61 Å². The van der Waals surface area contributed by atoms with Crippen LogP contribution in [-0.4, -0.2) is 11.7 Å². The zero-order chi connectivity index (χ0) is 6.24. The molecule has 0 bridgehead atoms. The van der Waals surface area contributed by atoms with Gasteiger partial charge in [-0.3, -0.25) is 0 Å². The Morgan fingerprint density at radius 3 is 2.75 bits per heavy atom. The summed E-state index contributed by atoms with van der Waals surface area (Å²) in [5, 5.41) is 8.25. The highest BCUT2D eigenvalue weighted by molar-refractivity contribution is 5.21. The number of aliphatic hydroxyl groups is 1. The Morgan fingerprint density at radius 2 is 2.25 bits per heavy atom. The number of terminal acetylenes is 1. The van der Waals surface area contributed by atoms with Gasteiger partial charge in [-0.2, -0.15) is 0 Å². The molecule has 0 radical (unpaired) electrons. The van der Waals surface area contributed by atoms with Crippen LogP contribution in [0.2, 0.25) is 0 Å². The van der Waals surface area contributed by atoms with Crippen LogP contribution < -0.4 is 0 Å². The Morgan fingerprint density at radius 1 is 1.50 bits per heavy atom. The lowest BCUT2D eigenvalue weighted by Crippen LogP contribution is -1.77. The van der Waals surface area contributed by atoms with E-state index in [0.717, 1.165) is 0 Å². The van der Waals surface area contributed by atoms with Crippen molar-refractivity contribution in [2.45, 2.75) is 12.8 Å². The van der Waals surface area contributed by atoms with Crippen molar-refractivity contribution < 1.29 is 5.11 Å². The SMILES string of the molecule is C#CC#CCCCO. The summed E-state index contributed by atoms with van der Waals surface area (Å²) < 4.78 is 0. The van der Waals surface area contributed by atoms with Gasteiger partial charge in [-0.15, -0.1) is 6.42 Å². The third kappa shape index (κ3) is 5.08. The molecule has 1 nitrogen and oxygen atoms in total. The minimum atomic E-state index is 0.194. The Balaban J connectivity index is 3.06. The van der Waals surface area contributed by atoms with E-state index in [1.54, 1.807) is 0 Å². The van der Waals surface area contributed by atoms with Crippen molar-refractivity contribution in [2.75, 3.05) is 6.61 Å². The van der Waals surface area contributed by atoms with Crippen molar-refractivity contribution in [3.05, 3.63) is 0 Å². The van der Waals surface area contributed by atoms with Crippen molar-refractivity contribution in [1.29, 1.82) is 0 Å². The molecule has 0 fully saturated rings. The average Bonchev–Trinajstić information content (AvgIpc) is 1.81. The fraction of sp³-hybridized carbons (Fsp3) is 0.429. The van der Waals surface area contributed by atoms with E-state index in [1.807, 2.05) is 0 Å². The number of rotatable bonds is 2. The Labute approximate surface area is 49.7 Å². The predicted octanol–water partition coefficient (Wildman–Crippen LogP) is 0.396. The Bertz CT molecular complexity index is 131. The minimum Gasteiger partial charge on any atom is -0.396 e. The number of aliphatic hydroxyl groups excluding tert-OH is 1. The normalized spacial score (nSPS) is 6.50. The lowest BCUT2D eigenvalue weighted by atomic mass is 10.3. The number of hydrogen-bond acceptors (Lipinski definition) is 1. The molecule has 8 heavy (non-hydrogen) atoms. The van der Waals surface area contributed by atoms with Crippen molar-refractivity contribution in [3.63, 3.8) is 0 Å². The molecule has 0 aliphatic rings. The zero-order valence-electron chi connectivity index (χ0n) is 4.65. The van der Waals surface area contributed by atoms with Crippen LogP contribution in [0.3, 0.4) is 0 Å². The van der Waals surface area contributed by atoms with Crippen LogP contribution in [0.25, 0.3) is 0 Å². The van der Waals surface area contributed by atoms with Gasteiger partial charge in [0.05, 0.1) is 0 Å². The summed E-state index contributed by atoms with van der Waals surface area (Å²) in [6.45, 7) is 0.194. The Hall–Kier alpha value is -0.920. The topological polar surface area (TPSA) is 20.2 Å². The summed E-state index contributed by atoms with van der Waals surface area (Å²) in [4.78, 5) is 0. The molecule has 1 heteroatoms. The molecule has 1 N–H and O–H groups in total. The molecular weight excluding hydrogens is 100 g/mol. The Kier molecular flexibility index (Phi) is 5.38. The van der Waals surface area contributed by atoms with Crippen LogP contribution in [0.5, 0.6) is 0 Å². The van der Waals surface area contributed by atoms with E-state index in [4.69, 9.17) is 11.5 Å².